The van der Waals surface area contributed by atoms with Gasteiger partial charge in [0.05, 0.1) is 4.47 Å². The summed E-state index contributed by atoms with van der Waals surface area (Å²) >= 11 is 17.9. The molecule has 0 heterocycles. The van der Waals surface area contributed by atoms with E-state index in [0.29, 0.717) is 27.7 Å². The number of anilines is 2. The Kier molecular flexibility index (Phi) is 8.85. The van der Waals surface area contributed by atoms with Crippen molar-refractivity contribution in [1.29, 1.82) is 0 Å². The fourth-order valence-corrected chi connectivity index (χ4v) is 4.78. The minimum Gasteiger partial charge on any atom is -0.482 e. The minimum absolute atomic E-state index is 0.130. The fourth-order valence-electron chi connectivity index (χ4n) is 2.80. The van der Waals surface area contributed by atoms with E-state index in [4.69, 9.17) is 28.6 Å². The van der Waals surface area contributed by atoms with E-state index in [2.05, 4.69) is 47.8 Å². The maximum absolute atomic E-state index is 12.3. The third-order valence-electron chi connectivity index (χ3n) is 4.28. The van der Waals surface area contributed by atoms with Crippen molar-refractivity contribution < 1.29 is 14.3 Å². The van der Waals surface area contributed by atoms with Crippen molar-refractivity contribution in [3.63, 3.8) is 0 Å². The average Bonchev–Trinajstić information content (AvgIpc) is 2.74. The van der Waals surface area contributed by atoms with Gasteiger partial charge in [0.2, 0.25) is 0 Å². The van der Waals surface area contributed by atoms with E-state index in [0.717, 1.165) is 14.5 Å². The lowest BCUT2D eigenvalue weighted by Crippen LogP contribution is -2.37. The number of ether oxygens (including phenoxy) is 1. The maximum atomic E-state index is 12.3. The lowest BCUT2D eigenvalue weighted by molar-refractivity contribution is -0.121. The third kappa shape index (κ3) is 7.53. The van der Waals surface area contributed by atoms with Crippen molar-refractivity contribution in [3.05, 3.63) is 85.8 Å². The van der Waals surface area contributed by atoms with Gasteiger partial charge in [-0.15, -0.1) is 0 Å². The number of aryl methyl sites for hydroxylation is 1. The predicted molar refractivity (Wildman–Crippen MR) is 142 cm³/mol. The smallest absolute Gasteiger partial charge is 0.264 e. The molecule has 0 radical (unpaired) electrons. The summed E-state index contributed by atoms with van der Waals surface area (Å²) in [6.45, 7) is 1.69. The van der Waals surface area contributed by atoms with Crippen LogP contribution >= 0.6 is 55.7 Å². The quantitative estimate of drug-likeness (QED) is 0.285. The average molecular weight is 612 g/mol. The molecule has 0 saturated heterocycles. The third-order valence-corrected chi connectivity index (χ3v) is 5.77. The summed E-state index contributed by atoms with van der Waals surface area (Å²) in [6.07, 6.45) is 0. The molecule has 170 valence electrons. The van der Waals surface area contributed by atoms with Crippen molar-refractivity contribution in [3.8, 4) is 5.75 Å². The zero-order valence-electron chi connectivity index (χ0n) is 17.2. The van der Waals surface area contributed by atoms with Gasteiger partial charge in [-0.1, -0.05) is 33.6 Å². The Morgan fingerprint density at radius 1 is 1.00 bits per heavy atom. The normalized spacial score (nSPS) is 10.3. The largest absolute Gasteiger partial charge is 0.482 e. The van der Waals surface area contributed by atoms with Gasteiger partial charge in [-0.05, 0) is 95.2 Å². The fraction of sp³-hybridized carbons (Fsp3) is 0.0870. The van der Waals surface area contributed by atoms with Crippen molar-refractivity contribution in [2.75, 3.05) is 17.2 Å². The zero-order valence-corrected chi connectivity index (χ0v) is 22.0. The summed E-state index contributed by atoms with van der Waals surface area (Å²) in [4.78, 5) is 24.5. The predicted octanol–water partition coefficient (Wildman–Crippen LogP) is 6.32. The molecular weight excluding hydrogens is 594 g/mol. The molecule has 3 N–H and O–H groups in total. The van der Waals surface area contributed by atoms with Gasteiger partial charge in [-0.25, -0.2) is 0 Å². The Bertz CT molecular complexity index is 1180. The van der Waals surface area contributed by atoms with Crippen LogP contribution in [0.3, 0.4) is 0 Å². The molecule has 0 atom stereocenters. The molecule has 3 aromatic rings. The van der Waals surface area contributed by atoms with E-state index in [-0.39, 0.29) is 17.6 Å². The topological polar surface area (TPSA) is 79.5 Å². The van der Waals surface area contributed by atoms with Crippen LogP contribution in [0.2, 0.25) is 5.02 Å². The number of hydrogen-bond acceptors (Lipinski definition) is 4. The van der Waals surface area contributed by atoms with Crippen LogP contribution in [-0.2, 0) is 4.79 Å². The number of carbonyl (C=O) groups is 2. The second kappa shape index (κ2) is 11.6. The summed E-state index contributed by atoms with van der Waals surface area (Å²) in [5, 5.41) is 8.90. The Morgan fingerprint density at radius 2 is 1.67 bits per heavy atom. The summed E-state index contributed by atoms with van der Waals surface area (Å²) in [6, 6.07) is 17.3. The first kappa shape index (κ1) is 25.2. The molecule has 0 spiro atoms. The molecule has 3 aromatic carbocycles. The van der Waals surface area contributed by atoms with E-state index in [1.54, 1.807) is 48.5 Å². The molecule has 0 aliphatic rings. The van der Waals surface area contributed by atoms with Crippen molar-refractivity contribution in [2.24, 2.45) is 0 Å². The lowest BCUT2D eigenvalue weighted by atomic mass is 10.2. The number of halogens is 3. The minimum atomic E-state index is -0.396. The van der Waals surface area contributed by atoms with Gasteiger partial charge in [-0.2, -0.15) is 0 Å². The molecular formula is C23H18Br2ClN3O3S. The van der Waals surface area contributed by atoms with Crippen LogP contribution in [0.5, 0.6) is 5.75 Å². The highest BCUT2D eigenvalue weighted by Crippen LogP contribution is 2.32. The molecule has 0 fully saturated rings. The van der Waals surface area contributed by atoms with E-state index >= 15 is 0 Å². The Balaban J connectivity index is 1.49. The van der Waals surface area contributed by atoms with Gasteiger partial charge in [-0.3, -0.25) is 14.9 Å². The highest BCUT2D eigenvalue weighted by atomic mass is 79.9. The number of benzene rings is 3. The van der Waals surface area contributed by atoms with Crippen LogP contribution in [0.4, 0.5) is 11.4 Å². The molecule has 3 rings (SSSR count). The highest BCUT2D eigenvalue weighted by Gasteiger charge is 2.11. The molecule has 33 heavy (non-hydrogen) atoms. The Labute approximate surface area is 218 Å². The molecule has 6 nitrogen and oxygen atoms in total. The first-order valence-electron chi connectivity index (χ1n) is 9.57. The van der Waals surface area contributed by atoms with E-state index in [1.807, 2.05) is 19.1 Å². The summed E-state index contributed by atoms with van der Waals surface area (Å²) < 4.78 is 7.26. The Morgan fingerprint density at radius 3 is 2.30 bits per heavy atom. The number of thiocarbonyl (C=S) groups is 1. The van der Waals surface area contributed by atoms with Crippen LogP contribution in [-0.4, -0.2) is 23.5 Å². The van der Waals surface area contributed by atoms with Gasteiger partial charge >= 0.3 is 0 Å². The molecule has 0 unspecified atom stereocenters. The number of nitrogens with one attached hydrogen (secondary N) is 3. The zero-order chi connectivity index (χ0) is 24.0. The standard InChI is InChI=1S/C23H18Br2ClN3O3S/c1-13-9-15(24)11-19(25)21(13)32-12-20(30)29-23(33)28-18-7-5-17(6-8-18)27-22(31)14-3-2-4-16(26)10-14/h2-11H,12H2,1H3,(H,27,31)(H2,28,29,30,33). The van der Waals surface area contributed by atoms with Crippen LogP contribution < -0.4 is 20.7 Å². The molecule has 0 bridgehead atoms. The Hall–Kier alpha value is -2.46. The number of carbonyl (C=O) groups excluding carboxylic acids is 2. The monoisotopic (exact) mass is 609 g/mol. The van der Waals surface area contributed by atoms with Crippen LogP contribution in [0.25, 0.3) is 0 Å². The van der Waals surface area contributed by atoms with Crippen LogP contribution in [0.15, 0.2) is 69.6 Å². The first-order valence-corrected chi connectivity index (χ1v) is 11.9. The van der Waals surface area contributed by atoms with Crippen molar-refractivity contribution in [2.45, 2.75) is 6.92 Å². The molecule has 10 heteroatoms. The highest BCUT2D eigenvalue weighted by molar-refractivity contribution is 9.11. The van der Waals surface area contributed by atoms with Crippen molar-refractivity contribution in [1.82, 2.24) is 5.32 Å². The number of hydrogen-bond donors (Lipinski definition) is 3. The first-order chi connectivity index (χ1) is 15.7. The van der Waals surface area contributed by atoms with Crippen LogP contribution in [0.1, 0.15) is 15.9 Å². The second-order valence-corrected chi connectivity index (χ2v) is 9.48. The van der Waals surface area contributed by atoms with Gasteiger partial charge in [0.15, 0.2) is 11.7 Å². The van der Waals surface area contributed by atoms with E-state index < -0.39 is 5.91 Å². The summed E-state index contributed by atoms with van der Waals surface area (Å²) in [5.41, 5.74) is 2.59. The molecule has 0 aromatic heterocycles. The maximum Gasteiger partial charge on any atom is 0.264 e. The number of rotatable bonds is 6. The van der Waals surface area contributed by atoms with Crippen LogP contribution in [0, 0.1) is 6.92 Å². The van der Waals surface area contributed by atoms with Gasteiger partial charge in [0, 0.05) is 26.4 Å². The SMILES string of the molecule is Cc1cc(Br)cc(Br)c1OCC(=O)NC(=S)Nc1ccc(NC(=O)c2cccc(Cl)c2)cc1. The summed E-state index contributed by atoms with van der Waals surface area (Å²) in [5.74, 6) is -0.0802. The van der Waals surface area contributed by atoms with Crippen molar-refractivity contribution >= 4 is 84.0 Å². The molecule has 0 aliphatic heterocycles. The molecule has 2 amide bonds. The summed E-state index contributed by atoms with van der Waals surface area (Å²) in [7, 11) is 0. The molecule has 0 aliphatic carbocycles. The number of amides is 2. The van der Waals surface area contributed by atoms with E-state index in [9.17, 15) is 9.59 Å². The molecule has 0 saturated carbocycles. The second-order valence-electron chi connectivity index (χ2n) is 6.87. The van der Waals surface area contributed by atoms with Gasteiger partial charge < -0.3 is 15.4 Å². The van der Waals surface area contributed by atoms with E-state index in [1.165, 1.54) is 0 Å². The van der Waals surface area contributed by atoms with Gasteiger partial charge in [0.25, 0.3) is 11.8 Å². The van der Waals surface area contributed by atoms with Gasteiger partial charge in [0.1, 0.15) is 5.75 Å². The lowest BCUT2D eigenvalue weighted by Gasteiger charge is -2.13.